The zero-order valence-corrected chi connectivity index (χ0v) is 42.0. The van der Waals surface area contributed by atoms with Crippen molar-refractivity contribution >= 4 is 17.9 Å². The van der Waals surface area contributed by atoms with Gasteiger partial charge in [0, 0.05) is 19.3 Å². The Morgan fingerprint density at radius 2 is 0.574 bits per heavy atom. The molecule has 61 heavy (non-hydrogen) atoms. The molecule has 0 aromatic carbocycles. The molecule has 0 aliphatic carbocycles. The van der Waals surface area contributed by atoms with Gasteiger partial charge in [0.25, 0.3) is 0 Å². The molecule has 362 valence electrons. The van der Waals surface area contributed by atoms with E-state index in [-0.39, 0.29) is 31.1 Å². The van der Waals surface area contributed by atoms with Crippen molar-refractivity contribution in [3.05, 3.63) is 0 Å². The first-order valence-corrected chi connectivity index (χ1v) is 27.1. The van der Waals surface area contributed by atoms with Crippen molar-refractivity contribution in [3.8, 4) is 0 Å². The molecule has 6 nitrogen and oxygen atoms in total. The molecule has 0 N–H and O–H groups in total. The Balaban J connectivity index is 4.17. The van der Waals surface area contributed by atoms with Crippen LogP contribution in [0.1, 0.15) is 298 Å². The molecule has 0 aliphatic heterocycles. The van der Waals surface area contributed by atoms with Crippen LogP contribution in [0.5, 0.6) is 0 Å². The quantitative estimate of drug-likeness (QED) is 0.0344. The van der Waals surface area contributed by atoms with Crippen LogP contribution < -0.4 is 0 Å². The van der Waals surface area contributed by atoms with Crippen molar-refractivity contribution in [2.75, 3.05) is 13.2 Å². The number of carbonyl (C=O) groups is 3. The van der Waals surface area contributed by atoms with E-state index in [0.29, 0.717) is 19.3 Å². The van der Waals surface area contributed by atoms with Crippen LogP contribution in [0.4, 0.5) is 0 Å². The Bertz CT molecular complexity index is 947. The van der Waals surface area contributed by atoms with E-state index in [1.165, 1.54) is 180 Å². The molecule has 0 spiro atoms. The zero-order chi connectivity index (χ0) is 44.9. The Hall–Kier alpha value is -1.59. The minimum absolute atomic E-state index is 0.0653. The number of hydrogen-bond acceptors (Lipinski definition) is 6. The van der Waals surface area contributed by atoms with Gasteiger partial charge in [-0.1, -0.05) is 260 Å². The first-order valence-electron chi connectivity index (χ1n) is 27.1. The van der Waals surface area contributed by atoms with Crippen LogP contribution in [0.15, 0.2) is 0 Å². The summed E-state index contributed by atoms with van der Waals surface area (Å²) >= 11 is 0. The van der Waals surface area contributed by atoms with E-state index in [1.54, 1.807) is 0 Å². The highest BCUT2D eigenvalue weighted by Gasteiger charge is 2.19. The van der Waals surface area contributed by atoms with Gasteiger partial charge in [0.2, 0.25) is 0 Å². The summed E-state index contributed by atoms with van der Waals surface area (Å²) in [5, 5.41) is 0. The summed E-state index contributed by atoms with van der Waals surface area (Å²) in [6.45, 7) is 13.7. The Kier molecular flexibility index (Phi) is 45.2. The fraction of sp³-hybridized carbons (Fsp3) is 0.945. The van der Waals surface area contributed by atoms with E-state index >= 15 is 0 Å². The average molecular weight is 863 g/mol. The molecule has 0 radical (unpaired) electrons. The monoisotopic (exact) mass is 863 g/mol. The molecule has 0 amide bonds. The molecule has 0 bridgehead atoms. The maximum atomic E-state index is 12.8. The molecule has 0 heterocycles. The van der Waals surface area contributed by atoms with E-state index in [2.05, 4.69) is 41.5 Å². The summed E-state index contributed by atoms with van der Waals surface area (Å²) in [5.74, 6) is 1.63. The summed E-state index contributed by atoms with van der Waals surface area (Å²) in [5.41, 5.74) is 0. The maximum Gasteiger partial charge on any atom is 0.306 e. The molecule has 0 saturated heterocycles. The van der Waals surface area contributed by atoms with Crippen LogP contribution in [-0.2, 0) is 28.6 Å². The van der Waals surface area contributed by atoms with Crippen molar-refractivity contribution in [1.82, 2.24) is 0 Å². The van der Waals surface area contributed by atoms with Gasteiger partial charge in [0.05, 0.1) is 0 Å². The van der Waals surface area contributed by atoms with Crippen LogP contribution >= 0.6 is 0 Å². The van der Waals surface area contributed by atoms with Gasteiger partial charge in [-0.2, -0.15) is 0 Å². The van der Waals surface area contributed by atoms with Gasteiger partial charge in [-0.3, -0.25) is 14.4 Å². The third kappa shape index (κ3) is 47.7. The number of ether oxygens (including phenoxy) is 3. The Labute approximate surface area is 380 Å². The fourth-order valence-electron chi connectivity index (χ4n) is 8.26. The minimum atomic E-state index is -0.763. The molecule has 2 atom stereocenters. The summed E-state index contributed by atoms with van der Waals surface area (Å²) in [4.78, 5) is 37.9. The van der Waals surface area contributed by atoms with E-state index in [1.807, 2.05) is 0 Å². The van der Waals surface area contributed by atoms with Gasteiger partial charge in [0.1, 0.15) is 13.2 Å². The second-order valence-corrected chi connectivity index (χ2v) is 20.1. The number of esters is 3. The second kappa shape index (κ2) is 46.4. The van der Waals surface area contributed by atoms with Crippen LogP contribution in [0, 0.1) is 17.8 Å². The summed E-state index contributed by atoms with van der Waals surface area (Å²) in [6, 6.07) is 0. The summed E-state index contributed by atoms with van der Waals surface area (Å²) < 4.78 is 16.8. The second-order valence-electron chi connectivity index (χ2n) is 20.1. The lowest BCUT2D eigenvalue weighted by Crippen LogP contribution is -2.30. The number of carbonyl (C=O) groups excluding carboxylic acids is 3. The normalized spacial score (nSPS) is 12.6. The molecular formula is C55H106O6. The van der Waals surface area contributed by atoms with Gasteiger partial charge in [0.15, 0.2) is 6.10 Å². The van der Waals surface area contributed by atoms with Gasteiger partial charge in [-0.15, -0.1) is 0 Å². The third-order valence-corrected chi connectivity index (χ3v) is 12.8. The number of hydrogen-bond donors (Lipinski definition) is 0. The van der Waals surface area contributed by atoms with Gasteiger partial charge < -0.3 is 14.2 Å². The zero-order valence-electron chi connectivity index (χ0n) is 42.0. The van der Waals surface area contributed by atoms with Crippen LogP contribution in [0.3, 0.4) is 0 Å². The van der Waals surface area contributed by atoms with E-state index in [0.717, 1.165) is 75.5 Å². The van der Waals surface area contributed by atoms with Gasteiger partial charge >= 0.3 is 17.9 Å². The molecule has 0 aliphatic rings. The maximum absolute atomic E-state index is 12.8. The van der Waals surface area contributed by atoms with Crippen molar-refractivity contribution < 1.29 is 28.6 Å². The van der Waals surface area contributed by atoms with Crippen LogP contribution in [-0.4, -0.2) is 37.2 Å². The third-order valence-electron chi connectivity index (χ3n) is 12.8. The molecule has 6 heteroatoms. The van der Waals surface area contributed by atoms with Crippen molar-refractivity contribution in [3.63, 3.8) is 0 Å². The minimum Gasteiger partial charge on any atom is -0.462 e. The van der Waals surface area contributed by atoms with Gasteiger partial charge in [-0.05, 0) is 37.0 Å². The van der Waals surface area contributed by atoms with Crippen molar-refractivity contribution in [2.45, 2.75) is 304 Å². The highest BCUT2D eigenvalue weighted by molar-refractivity contribution is 5.71. The Morgan fingerprint density at radius 3 is 0.852 bits per heavy atom. The van der Waals surface area contributed by atoms with Crippen molar-refractivity contribution in [1.29, 1.82) is 0 Å². The topological polar surface area (TPSA) is 78.9 Å². The predicted molar refractivity (Wildman–Crippen MR) is 261 cm³/mol. The first-order chi connectivity index (χ1) is 29.6. The van der Waals surface area contributed by atoms with E-state index < -0.39 is 6.10 Å². The highest BCUT2D eigenvalue weighted by Crippen LogP contribution is 2.18. The lowest BCUT2D eigenvalue weighted by Gasteiger charge is -2.18. The first kappa shape index (κ1) is 59.4. The molecule has 0 aromatic rings. The molecule has 0 aromatic heterocycles. The Morgan fingerprint density at radius 1 is 0.328 bits per heavy atom. The van der Waals surface area contributed by atoms with E-state index in [9.17, 15) is 14.4 Å². The lowest BCUT2D eigenvalue weighted by molar-refractivity contribution is -0.167. The molecule has 1 unspecified atom stereocenters. The fourth-order valence-corrected chi connectivity index (χ4v) is 8.26. The lowest BCUT2D eigenvalue weighted by atomic mass is 9.99. The van der Waals surface area contributed by atoms with E-state index in [4.69, 9.17) is 14.2 Å². The molecular weight excluding hydrogens is 757 g/mol. The highest BCUT2D eigenvalue weighted by atomic mass is 16.6. The standard InChI is InChI=1S/C55H106O6/c1-7-51(6)43-37-31-25-18-16-14-12-10-8-9-11-13-15-17-19-26-32-38-44-53(56)59-47-52(48-60-54(57)45-39-33-28-22-24-30-36-42-50(4)5)61-55(58)46-40-34-27-21-20-23-29-35-41-49(2)3/h49-52H,7-48H2,1-6H3/t51?,52-/m1/s1. The van der Waals surface area contributed by atoms with Crippen LogP contribution in [0.25, 0.3) is 0 Å². The average Bonchev–Trinajstić information content (AvgIpc) is 3.23. The molecule has 0 rings (SSSR count). The number of unbranched alkanes of at least 4 members (excludes halogenated alkanes) is 30. The van der Waals surface area contributed by atoms with Crippen molar-refractivity contribution in [2.24, 2.45) is 17.8 Å². The van der Waals surface area contributed by atoms with Gasteiger partial charge in [-0.25, -0.2) is 0 Å². The summed E-state index contributed by atoms with van der Waals surface area (Å²) in [6.07, 6.45) is 46.8. The smallest absolute Gasteiger partial charge is 0.306 e. The summed E-state index contributed by atoms with van der Waals surface area (Å²) in [7, 11) is 0. The van der Waals surface area contributed by atoms with Crippen LogP contribution in [0.2, 0.25) is 0 Å². The SMILES string of the molecule is CCC(C)CCCCCCCCCCCCCCCCCCCCC(=O)OC[C@H](COC(=O)CCCCCCCCCC(C)C)OC(=O)CCCCCCCCCCC(C)C. The predicted octanol–water partition coefficient (Wildman–Crippen LogP) is 17.6. The molecule has 0 saturated carbocycles. The molecule has 0 fully saturated rings. The number of rotatable bonds is 48. The largest absolute Gasteiger partial charge is 0.462 e.